The molecule has 0 fully saturated rings. The molecular weight excluding hydrogens is 330 g/mol. The lowest BCUT2D eigenvalue weighted by Gasteiger charge is -2.10. The van der Waals surface area contributed by atoms with Crippen molar-refractivity contribution in [2.45, 2.75) is 26.2 Å². The fourth-order valence-electron chi connectivity index (χ4n) is 3.31. The maximum absolute atomic E-state index is 12.9. The number of aryl methyl sites for hydroxylation is 3. The molecule has 3 aromatic heterocycles. The van der Waals surface area contributed by atoms with E-state index in [9.17, 15) is 4.79 Å². The number of aromatic nitrogens is 4. The molecule has 0 saturated carbocycles. The van der Waals surface area contributed by atoms with Crippen LogP contribution in [0.2, 0.25) is 0 Å². The van der Waals surface area contributed by atoms with Crippen molar-refractivity contribution in [1.82, 2.24) is 19.9 Å². The van der Waals surface area contributed by atoms with Crippen LogP contribution in [0.3, 0.4) is 0 Å². The Labute approximate surface area is 150 Å². The number of ether oxygens (including phenoxy) is 1. The highest BCUT2D eigenvalue weighted by Gasteiger charge is 2.24. The zero-order valence-electron chi connectivity index (χ0n) is 14.7. The van der Waals surface area contributed by atoms with Gasteiger partial charge in [-0.2, -0.15) is 0 Å². The minimum Gasteiger partial charge on any atom is -0.481 e. The average molecular weight is 349 g/mol. The van der Waals surface area contributed by atoms with Crippen molar-refractivity contribution >= 4 is 11.6 Å². The Hall–Kier alpha value is -3.22. The Morgan fingerprint density at radius 3 is 3.00 bits per heavy atom. The first-order valence-corrected chi connectivity index (χ1v) is 8.50. The minimum atomic E-state index is -0.191. The quantitative estimate of drug-likeness (QED) is 0.758. The average Bonchev–Trinajstić information content (AvgIpc) is 2.99. The van der Waals surface area contributed by atoms with Gasteiger partial charge in [0.25, 0.3) is 5.91 Å². The number of hydrogen-bond acceptors (Lipinski definition) is 5. The second kappa shape index (κ2) is 6.59. The smallest absolute Gasteiger partial charge is 0.257 e. The Balaban J connectivity index is 1.71. The van der Waals surface area contributed by atoms with E-state index >= 15 is 0 Å². The number of carbonyl (C=O) groups excluding carboxylic acids is 1. The molecule has 7 heteroatoms. The van der Waals surface area contributed by atoms with Gasteiger partial charge >= 0.3 is 0 Å². The molecule has 0 aliphatic heterocycles. The van der Waals surface area contributed by atoms with Gasteiger partial charge in [-0.15, -0.1) is 0 Å². The number of fused-ring (bicyclic) bond motifs is 3. The molecule has 1 aliphatic carbocycles. The minimum absolute atomic E-state index is 0.191. The summed E-state index contributed by atoms with van der Waals surface area (Å²) < 4.78 is 5.11. The fraction of sp³-hybridized carbons (Fsp3) is 0.263. The van der Waals surface area contributed by atoms with Crippen LogP contribution in [0, 0.1) is 6.92 Å². The van der Waals surface area contributed by atoms with Crippen LogP contribution in [0.25, 0.3) is 11.3 Å². The normalized spacial score (nSPS) is 12.7. The lowest BCUT2D eigenvalue weighted by atomic mass is 10.0. The molecule has 26 heavy (non-hydrogen) atoms. The number of nitrogens with one attached hydrogen (secondary N) is 2. The Kier molecular flexibility index (Phi) is 4.12. The summed E-state index contributed by atoms with van der Waals surface area (Å²) >= 11 is 0. The first-order chi connectivity index (χ1) is 12.7. The van der Waals surface area contributed by atoms with Crippen LogP contribution >= 0.6 is 0 Å². The molecule has 0 unspecified atom stereocenters. The first-order valence-electron chi connectivity index (χ1n) is 8.50. The van der Waals surface area contributed by atoms with Crippen LogP contribution in [-0.2, 0) is 12.8 Å². The summed E-state index contributed by atoms with van der Waals surface area (Å²) in [5.74, 6) is 0.325. The molecule has 2 N–H and O–H groups in total. The molecule has 1 amide bonds. The van der Waals surface area contributed by atoms with E-state index in [1.54, 1.807) is 25.4 Å². The van der Waals surface area contributed by atoms with Crippen LogP contribution in [0.15, 0.2) is 30.9 Å². The summed E-state index contributed by atoms with van der Waals surface area (Å²) in [7, 11) is 1.56. The van der Waals surface area contributed by atoms with Gasteiger partial charge in [0.05, 0.1) is 29.7 Å². The summed E-state index contributed by atoms with van der Waals surface area (Å²) in [5, 5.41) is 2.94. The second-order valence-electron chi connectivity index (χ2n) is 6.25. The number of amides is 1. The molecule has 0 radical (unpaired) electrons. The van der Waals surface area contributed by atoms with Gasteiger partial charge in [0.1, 0.15) is 6.33 Å². The summed E-state index contributed by atoms with van der Waals surface area (Å²) in [6.45, 7) is 1.83. The topological polar surface area (TPSA) is 92.8 Å². The van der Waals surface area contributed by atoms with Crippen molar-refractivity contribution in [1.29, 1.82) is 0 Å². The maximum atomic E-state index is 12.9. The molecule has 3 aromatic rings. The van der Waals surface area contributed by atoms with Crippen molar-refractivity contribution in [2.24, 2.45) is 0 Å². The van der Waals surface area contributed by atoms with Gasteiger partial charge in [0, 0.05) is 29.7 Å². The number of carbonyl (C=O) groups is 1. The van der Waals surface area contributed by atoms with Crippen molar-refractivity contribution in [2.75, 3.05) is 12.4 Å². The molecule has 1 aliphatic rings. The van der Waals surface area contributed by atoms with Crippen molar-refractivity contribution in [3.63, 3.8) is 0 Å². The molecule has 0 bridgehead atoms. The summed E-state index contributed by atoms with van der Waals surface area (Å²) in [6.07, 6.45) is 7.90. The highest BCUT2D eigenvalue weighted by atomic mass is 16.5. The highest BCUT2D eigenvalue weighted by molar-refractivity contribution is 6.09. The summed E-state index contributed by atoms with van der Waals surface area (Å²) in [5.41, 5.74) is 5.75. The molecule has 0 spiro atoms. The lowest BCUT2D eigenvalue weighted by Crippen LogP contribution is -2.14. The summed E-state index contributed by atoms with van der Waals surface area (Å²) in [4.78, 5) is 29.1. The van der Waals surface area contributed by atoms with E-state index in [1.165, 1.54) is 6.33 Å². The molecule has 7 nitrogen and oxygen atoms in total. The Morgan fingerprint density at radius 2 is 2.19 bits per heavy atom. The molecular formula is C19H19N5O2. The van der Waals surface area contributed by atoms with Crippen molar-refractivity contribution < 1.29 is 9.53 Å². The molecule has 3 heterocycles. The number of pyridine rings is 1. The van der Waals surface area contributed by atoms with E-state index in [-0.39, 0.29) is 5.91 Å². The van der Waals surface area contributed by atoms with E-state index < -0.39 is 0 Å². The van der Waals surface area contributed by atoms with Gasteiger partial charge in [-0.25, -0.2) is 15.0 Å². The van der Waals surface area contributed by atoms with Gasteiger partial charge in [-0.05, 0) is 37.8 Å². The number of hydrogen-bond donors (Lipinski definition) is 2. The van der Waals surface area contributed by atoms with E-state index in [0.29, 0.717) is 22.8 Å². The van der Waals surface area contributed by atoms with Crippen LogP contribution in [-0.4, -0.2) is 33.0 Å². The number of methoxy groups -OCH3 is 1. The Morgan fingerprint density at radius 1 is 1.31 bits per heavy atom. The third-order valence-electron chi connectivity index (χ3n) is 4.62. The largest absolute Gasteiger partial charge is 0.481 e. The number of rotatable bonds is 3. The van der Waals surface area contributed by atoms with Crippen LogP contribution in [0.5, 0.6) is 5.88 Å². The molecule has 0 aromatic carbocycles. The van der Waals surface area contributed by atoms with E-state index in [4.69, 9.17) is 4.74 Å². The number of nitrogens with zero attached hydrogens (tertiary/aromatic N) is 3. The molecule has 132 valence electrons. The first kappa shape index (κ1) is 16.3. The molecule has 0 saturated heterocycles. The van der Waals surface area contributed by atoms with Gasteiger partial charge < -0.3 is 15.0 Å². The standard InChI is InChI=1S/C19H19N5O2/c1-11-14(6-7-16(23-11)26-2)24-19(25)13-9-21-15-5-3-4-12-8-20-10-22-18(12)17(13)15/h6-10,21H,3-5H2,1-2H3,(H,24,25). The SMILES string of the molecule is COc1ccc(NC(=O)c2c[nH]c3c2-c2ncncc2CCC3)c(C)n1. The van der Waals surface area contributed by atoms with Crippen LogP contribution in [0.4, 0.5) is 5.69 Å². The second-order valence-corrected chi connectivity index (χ2v) is 6.25. The van der Waals surface area contributed by atoms with Gasteiger partial charge in [0.15, 0.2) is 0 Å². The van der Waals surface area contributed by atoms with Crippen molar-refractivity contribution in [3.05, 3.63) is 53.4 Å². The van der Waals surface area contributed by atoms with Gasteiger partial charge in [-0.3, -0.25) is 4.79 Å². The van der Waals surface area contributed by atoms with E-state index in [2.05, 4.69) is 25.3 Å². The predicted octanol–water partition coefficient (Wildman–Crippen LogP) is 2.92. The van der Waals surface area contributed by atoms with E-state index in [1.807, 2.05) is 13.1 Å². The van der Waals surface area contributed by atoms with Crippen LogP contribution in [0.1, 0.15) is 33.7 Å². The molecule has 0 atom stereocenters. The predicted molar refractivity (Wildman–Crippen MR) is 97.3 cm³/mol. The monoisotopic (exact) mass is 349 g/mol. The lowest BCUT2D eigenvalue weighted by molar-refractivity contribution is 0.102. The van der Waals surface area contributed by atoms with Gasteiger partial charge in [0.2, 0.25) is 5.88 Å². The molecule has 4 rings (SSSR count). The zero-order chi connectivity index (χ0) is 18.1. The van der Waals surface area contributed by atoms with Crippen molar-refractivity contribution in [3.8, 4) is 17.1 Å². The van der Waals surface area contributed by atoms with Gasteiger partial charge in [-0.1, -0.05) is 0 Å². The van der Waals surface area contributed by atoms with E-state index in [0.717, 1.165) is 41.8 Å². The number of H-pyrrole nitrogens is 1. The summed E-state index contributed by atoms with van der Waals surface area (Å²) in [6, 6.07) is 3.52. The zero-order valence-corrected chi connectivity index (χ0v) is 14.7. The Bertz CT molecular complexity index is 980. The maximum Gasteiger partial charge on any atom is 0.257 e. The number of aromatic amines is 1. The third kappa shape index (κ3) is 2.81. The van der Waals surface area contributed by atoms with Crippen LogP contribution < -0.4 is 10.1 Å². The third-order valence-corrected chi connectivity index (χ3v) is 4.62. The fourth-order valence-corrected chi connectivity index (χ4v) is 3.31. The highest BCUT2D eigenvalue weighted by Crippen LogP contribution is 2.33. The number of anilines is 1.